The van der Waals surface area contributed by atoms with Gasteiger partial charge in [0, 0.05) is 13.2 Å². The molecule has 1 saturated heterocycles. The number of rotatable bonds is 8. The minimum absolute atomic E-state index is 0.113. The first-order chi connectivity index (χ1) is 12.6. The van der Waals surface area contributed by atoms with Gasteiger partial charge in [0.15, 0.2) is 6.61 Å². The molecule has 2 N–H and O–H groups in total. The van der Waals surface area contributed by atoms with Crippen molar-refractivity contribution in [2.45, 2.75) is 18.9 Å². The van der Waals surface area contributed by atoms with Crippen LogP contribution >= 0.6 is 0 Å². The van der Waals surface area contributed by atoms with Gasteiger partial charge in [-0.2, -0.15) is 0 Å². The summed E-state index contributed by atoms with van der Waals surface area (Å²) in [6, 6.07) is 5.70. The summed E-state index contributed by atoms with van der Waals surface area (Å²) in [6.45, 7) is 4.33. The van der Waals surface area contributed by atoms with E-state index in [-0.39, 0.29) is 18.2 Å². The molecule has 0 radical (unpaired) electrons. The van der Waals surface area contributed by atoms with Gasteiger partial charge in [-0.1, -0.05) is 6.08 Å². The van der Waals surface area contributed by atoms with Gasteiger partial charge < -0.3 is 19.5 Å². The van der Waals surface area contributed by atoms with Gasteiger partial charge in [-0.15, -0.1) is 6.58 Å². The Balaban J connectivity index is 1.72. The fraction of sp³-hybridized carbons (Fsp3) is 0.389. The number of imide groups is 1. The number of carbonyl (C=O) groups is 3. The van der Waals surface area contributed by atoms with E-state index in [0.717, 1.165) is 19.4 Å². The number of hydrogen-bond acceptors (Lipinski definition) is 6. The van der Waals surface area contributed by atoms with Crippen LogP contribution in [-0.2, 0) is 14.3 Å². The molecule has 3 amide bonds. The normalized spacial score (nSPS) is 15.8. The van der Waals surface area contributed by atoms with Gasteiger partial charge in [-0.3, -0.25) is 10.1 Å². The molecule has 0 aliphatic carbocycles. The minimum Gasteiger partial charge on any atom is -0.491 e. The first-order valence-electron chi connectivity index (χ1n) is 8.28. The largest absolute Gasteiger partial charge is 0.491 e. The van der Waals surface area contributed by atoms with Crippen molar-refractivity contribution in [3.05, 3.63) is 42.5 Å². The molecule has 1 aliphatic rings. The Morgan fingerprint density at radius 1 is 1.27 bits per heavy atom. The molecule has 1 fully saturated rings. The highest BCUT2D eigenvalue weighted by Crippen LogP contribution is 2.17. The van der Waals surface area contributed by atoms with Crippen LogP contribution in [0.3, 0.4) is 0 Å². The summed E-state index contributed by atoms with van der Waals surface area (Å²) in [5.41, 5.74) is 0.276. The number of urea groups is 1. The molecular formula is C18H22N2O6. The smallest absolute Gasteiger partial charge is 0.338 e. The summed E-state index contributed by atoms with van der Waals surface area (Å²) in [6.07, 6.45) is 3.61. The third-order valence-electron chi connectivity index (χ3n) is 3.54. The molecule has 1 aromatic rings. The van der Waals surface area contributed by atoms with Gasteiger partial charge in [0.05, 0.1) is 11.7 Å². The zero-order valence-corrected chi connectivity index (χ0v) is 14.4. The maximum Gasteiger partial charge on any atom is 0.338 e. The van der Waals surface area contributed by atoms with Gasteiger partial charge in [0.25, 0.3) is 5.91 Å². The molecule has 0 saturated carbocycles. The minimum atomic E-state index is -0.726. The van der Waals surface area contributed by atoms with Crippen LogP contribution in [0, 0.1) is 0 Å². The first kappa shape index (κ1) is 19.5. The van der Waals surface area contributed by atoms with Crippen molar-refractivity contribution in [3.8, 4) is 5.75 Å². The molecule has 0 aromatic heterocycles. The van der Waals surface area contributed by atoms with Crippen LogP contribution in [0.5, 0.6) is 5.75 Å². The number of amides is 3. The van der Waals surface area contributed by atoms with Gasteiger partial charge in [0.1, 0.15) is 12.4 Å². The molecule has 0 unspecified atom stereocenters. The highest BCUT2D eigenvalue weighted by Gasteiger charge is 2.16. The Morgan fingerprint density at radius 3 is 2.69 bits per heavy atom. The second-order valence-corrected chi connectivity index (χ2v) is 5.59. The summed E-state index contributed by atoms with van der Waals surface area (Å²) >= 11 is 0. The van der Waals surface area contributed by atoms with Crippen molar-refractivity contribution >= 4 is 17.9 Å². The average Bonchev–Trinajstić information content (AvgIpc) is 3.16. The topological polar surface area (TPSA) is 103 Å². The lowest BCUT2D eigenvalue weighted by atomic mass is 10.2. The summed E-state index contributed by atoms with van der Waals surface area (Å²) < 4.78 is 15.9. The Bertz CT molecular complexity index is 638. The highest BCUT2D eigenvalue weighted by molar-refractivity contribution is 5.97. The lowest BCUT2D eigenvalue weighted by Gasteiger charge is -2.11. The molecule has 8 heteroatoms. The number of carbonyl (C=O) groups excluding carboxylic acids is 3. The van der Waals surface area contributed by atoms with E-state index in [9.17, 15) is 14.4 Å². The van der Waals surface area contributed by atoms with E-state index in [4.69, 9.17) is 14.2 Å². The summed E-state index contributed by atoms with van der Waals surface area (Å²) in [5.74, 6) is -0.776. The number of nitrogens with one attached hydrogen (secondary N) is 2. The predicted molar refractivity (Wildman–Crippen MR) is 92.9 cm³/mol. The number of esters is 1. The molecule has 0 spiro atoms. The Hall–Kier alpha value is -2.87. The van der Waals surface area contributed by atoms with Crippen LogP contribution in [0.2, 0.25) is 0 Å². The molecule has 1 atom stereocenters. The van der Waals surface area contributed by atoms with Crippen molar-refractivity contribution in [1.82, 2.24) is 10.6 Å². The first-order valence-corrected chi connectivity index (χ1v) is 8.28. The van der Waals surface area contributed by atoms with Crippen molar-refractivity contribution in [1.29, 1.82) is 0 Å². The van der Waals surface area contributed by atoms with Crippen LogP contribution in [0.15, 0.2) is 36.9 Å². The molecule has 1 heterocycles. The Labute approximate surface area is 151 Å². The fourth-order valence-corrected chi connectivity index (χ4v) is 2.24. The molecule has 8 nitrogen and oxygen atoms in total. The fourth-order valence-electron chi connectivity index (χ4n) is 2.24. The van der Waals surface area contributed by atoms with Crippen molar-refractivity contribution in [2.75, 3.05) is 26.4 Å². The van der Waals surface area contributed by atoms with Crippen molar-refractivity contribution < 1.29 is 28.6 Å². The Morgan fingerprint density at radius 2 is 2.04 bits per heavy atom. The van der Waals surface area contributed by atoms with Gasteiger partial charge in [0.2, 0.25) is 0 Å². The molecule has 26 heavy (non-hydrogen) atoms. The standard InChI is InChI=1S/C18H22N2O6/c1-2-9-19-18(23)20-16(21)12-26-17(22)13-5-7-14(8-6-13)25-11-15-4-3-10-24-15/h2,5-8,15H,1,3-4,9-12H2,(H2,19,20,21,23)/t15-/m1/s1. The second-order valence-electron chi connectivity index (χ2n) is 5.59. The lowest BCUT2D eigenvalue weighted by Crippen LogP contribution is -2.41. The van der Waals surface area contributed by atoms with Gasteiger partial charge in [-0.05, 0) is 37.1 Å². The van der Waals surface area contributed by atoms with E-state index in [1.165, 1.54) is 6.08 Å². The van der Waals surface area contributed by atoms with E-state index in [0.29, 0.717) is 12.4 Å². The number of benzene rings is 1. The molecule has 0 bridgehead atoms. The quantitative estimate of drug-likeness (QED) is 0.535. The summed E-state index contributed by atoms with van der Waals surface area (Å²) in [7, 11) is 0. The van der Waals surface area contributed by atoms with Gasteiger partial charge in [-0.25, -0.2) is 9.59 Å². The van der Waals surface area contributed by atoms with E-state index in [2.05, 4.69) is 11.9 Å². The lowest BCUT2D eigenvalue weighted by molar-refractivity contribution is -0.123. The summed E-state index contributed by atoms with van der Waals surface area (Å²) in [5, 5.41) is 4.40. The second kappa shape index (κ2) is 10.2. The molecule has 140 valence electrons. The van der Waals surface area contributed by atoms with Crippen LogP contribution in [0.25, 0.3) is 0 Å². The van der Waals surface area contributed by atoms with E-state index in [1.807, 2.05) is 5.32 Å². The molecule has 1 aromatic carbocycles. The monoisotopic (exact) mass is 362 g/mol. The van der Waals surface area contributed by atoms with E-state index >= 15 is 0 Å². The summed E-state index contributed by atoms with van der Waals surface area (Å²) in [4.78, 5) is 34.7. The molecule has 2 rings (SSSR count). The van der Waals surface area contributed by atoms with Crippen molar-refractivity contribution in [2.24, 2.45) is 0 Å². The Kier molecular flexibility index (Phi) is 7.63. The van der Waals surface area contributed by atoms with E-state index < -0.39 is 24.5 Å². The van der Waals surface area contributed by atoms with Crippen molar-refractivity contribution in [3.63, 3.8) is 0 Å². The van der Waals surface area contributed by atoms with Gasteiger partial charge >= 0.3 is 12.0 Å². The number of hydrogen-bond donors (Lipinski definition) is 2. The molecule has 1 aliphatic heterocycles. The van der Waals surface area contributed by atoms with Crippen LogP contribution < -0.4 is 15.4 Å². The number of ether oxygens (including phenoxy) is 3. The highest BCUT2D eigenvalue weighted by atomic mass is 16.5. The SMILES string of the molecule is C=CCNC(=O)NC(=O)COC(=O)c1ccc(OC[C@H]2CCCO2)cc1. The van der Waals surface area contributed by atoms with Crippen LogP contribution in [0.4, 0.5) is 4.79 Å². The maximum absolute atomic E-state index is 11.9. The van der Waals surface area contributed by atoms with Crippen LogP contribution in [0.1, 0.15) is 23.2 Å². The average molecular weight is 362 g/mol. The van der Waals surface area contributed by atoms with E-state index in [1.54, 1.807) is 24.3 Å². The predicted octanol–water partition coefficient (Wildman–Crippen LogP) is 1.41. The third kappa shape index (κ3) is 6.56. The maximum atomic E-state index is 11.9. The third-order valence-corrected chi connectivity index (χ3v) is 3.54. The van der Waals surface area contributed by atoms with Crippen LogP contribution in [-0.4, -0.2) is 50.4 Å². The molecular weight excluding hydrogens is 340 g/mol. The zero-order chi connectivity index (χ0) is 18.8. The zero-order valence-electron chi connectivity index (χ0n) is 14.4.